The molecule has 2 nitrogen and oxygen atoms in total. The predicted octanol–water partition coefficient (Wildman–Crippen LogP) is 2.63. The minimum atomic E-state index is 0.379. The third kappa shape index (κ3) is 2.26. The van der Waals surface area contributed by atoms with Crippen molar-refractivity contribution in [3.05, 3.63) is 29.3 Å². The fraction of sp³-hybridized carbons (Fsp3) is 0.500. The Morgan fingerprint density at radius 2 is 1.93 bits per heavy atom. The molecular formula is C12H19NO. The average molecular weight is 193 g/mol. The van der Waals surface area contributed by atoms with Gasteiger partial charge in [0.05, 0.1) is 7.11 Å². The average Bonchev–Trinajstić information content (AvgIpc) is 2.16. The molecule has 0 spiro atoms. The van der Waals surface area contributed by atoms with Gasteiger partial charge in [0.25, 0.3) is 0 Å². The maximum atomic E-state index is 5.34. The minimum absolute atomic E-state index is 0.379. The van der Waals surface area contributed by atoms with Gasteiger partial charge in [0.1, 0.15) is 5.75 Å². The summed E-state index contributed by atoms with van der Waals surface area (Å²) in [5.41, 5.74) is 2.52. The van der Waals surface area contributed by atoms with Gasteiger partial charge in [-0.05, 0) is 34.0 Å². The van der Waals surface area contributed by atoms with E-state index in [1.165, 1.54) is 11.1 Å². The first-order chi connectivity index (χ1) is 6.56. The highest BCUT2D eigenvalue weighted by Crippen LogP contribution is 2.28. The van der Waals surface area contributed by atoms with E-state index in [1.54, 1.807) is 7.11 Å². The van der Waals surface area contributed by atoms with Crippen molar-refractivity contribution in [2.45, 2.75) is 19.9 Å². The highest BCUT2D eigenvalue weighted by molar-refractivity contribution is 5.38. The zero-order chi connectivity index (χ0) is 10.7. The zero-order valence-corrected chi connectivity index (χ0v) is 9.66. The molecule has 78 valence electrons. The van der Waals surface area contributed by atoms with Crippen LogP contribution in [0.1, 0.15) is 24.1 Å². The number of rotatable bonds is 3. The fourth-order valence-electron chi connectivity index (χ4n) is 1.46. The monoisotopic (exact) mass is 193 g/mol. The molecule has 0 heterocycles. The lowest BCUT2D eigenvalue weighted by Gasteiger charge is -2.22. The molecule has 0 saturated carbocycles. The maximum absolute atomic E-state index is 5.34. The molecule has 14 heavy (non-hydrogen) atoms. The largest absolute Gasteiger partial charge is 0.496 e. The Labute approximate surface area is 86.5 Å². The smallest absolute Gasteiger partial charge is 0.123 e. The summed E-state index contributed by atoms with van der Waals surface area (Å²) in [6.45, 7) is 4.28. The molecule has 0 amide bonds. The Kier molecular flexibility index (Phi) is 3.53. The molecule has 0 aliphatic carbocycles. The van der Waals surface area contributed by atoms with Crippen LogP contribution in [0.15, 0.2) is 18.2 Å². The van der Waals surface area contributed by atoms with Crippen LogP contribution < -0.4 is 4.74 Å². The Morgan fingerprint density at radius 1 is 1.29 bits per heavy atom. The molecule has 2 heteroatoms. The highest BCUT2D eigenvalue weighted by Gasteiger charge is 2.12. The molecule has 1 aromatic carbocycles. The Morgan fingerprint density at radius 3 is 2.43 bits per heavy atom. The van der Waals surface area contributed by atoms with Gasteiger partial charge in [0.2, 0.25) is 0 Å². The van der Waals surface area contributed by atoms with Gasteiger partial charge in [-0.1, -0.05) is 17.7 Å². The van der Waals surface area contributed by atoms with E-state index in [4.69, 9.17) is 4.74 Å². The molecule has 0 aromatic heterocycles. The van der Waals surface area contributed by atoms with Gasteiger partial charge in [0, 0.05) is 11.6 Å². The first-order valence-corrected chi connectivity index (χ1v) is 4.87. The number of methoxy groups -OCH3 is 1. The molecular weight excluding hydrogens is 174 g/mol. The van der Waals surface area contributed by atoms with E-state index < -0.39 is 0 Å². The molecule has 1 atom stereocenters. The van der Waals surface area contributed by atoms with Crippen LogP contribution in [-0.4, -0.2) is 26.1 Å². The lowest BCUT2D eigenvalue weighted by molar-refractivity contribution is 0.308. The first-order valence-electron chi connectivity index (χ1n) is 4.87. The molecule has 0 bridgehead atoms. The predicted molar refractivity (Wildman–Crippen MR) is 59.8 cm³/mol. The third-order valence-electron chi connectivity index (χ3n) is 2.61. The summed E-state index contributed by atoms with van der Waals surface area (Å²) < 4.78 is 5.34. The molecule has 0 saturated heterocycles. The van der Waals surface area contributed by atoms with E-state index in [0.717, 1.165) is 5.75 Å². The van der Waals surface area contributed by atoms with Crippen LogP contribution in [0, 0.1) is 6.92 Å². The van der Waals surface area contributed by atoms with E-state index in [9.17, 15) is 0 Å². The molecule has 0 radical (unpaired) electrons. The van der Waals surface area contributed by atoms with Gasteiger partial charge in [-0.3, -0.25) is 0 Å². The normalized spacial score (nSPS) is 13.0. The van der Waals surface area contributed by atoms with Crippen molar-refractivity contribution in [2.75, 3.05) is 21.2 Å². The van der Waals surface area contributed by atoms with E-state index in [1.807, 2.05) is 6.07 Å². The van der Waals surface area contributed by atoms with Crippen LogP contribution in [-0.2, 0) is 0 Å². The second kappa shape index (κ2) is 4.47. The van der Waals surface area contributed by atoms with Crippen LogP contribution in [0.25, 0.3) is 0 Å². The minimum Gasteiger partial charge on any atom is -0.496 e. The van der Waals surface area contributed by atoms with E-state index in [-0.39, 0.29) is 0 Å². The number of hydrogen-bond donors (Lipinski definition) is 0. The summed E-state index contributed by atoms with van der Waals surface area (Å²) in [7, 11) is 5.87. The van der Waals surface area contributed by atoms with Gasteiger partial charge >= 0.3 is 0 Å². The second-order valence-corrected chi connectivity index (χ2v) is 3.88. The molecule has 1 aromatic rings. The number of benzene rings is 1. The maximum Gasteiger partial charge on any atom is 0.123 e. The van der Waals surface area contributed by atoms with Crippen LogP contribution >= 0.6 is 0 Å². The van der Waals surface area contributed by atoms with Gasteiger partial charge in [-0.15, -0.1) is 0 Å². The number of ether oxygens (including phenoxy) is 1. The van der Waals surface area contributed by atoms with Crippen molar-refractivity contribution in [1.82, 2.24) is 4.90 Å². The topological polar surface area (TPSA) is 12.5 Å². The number of hydrogen-bond acceptors (Lipinski definition) is 2. The SMILES string of the molecule is COc1ccc(C)cc1C(C)N(C)C. The Bertz CT molecular complexity index is 307. The quantitative estimate of drug-likeness (QED) is 0.731. The third-order valence-corrected chi connectivity index (χ3v) is 2.61. The van der Waals surface area contributed by atoms with Gasteiger partial charge in [0.15, 0.2) is 0 Å². The van der Waals surface area contributed by atoms with Crippen molar-refractivity contribution in [3.63, 3.8) is 0 Å². The molecule has 1 unspecified atom stereocenters. The number of nitrogens with zero attached hydrogens (tertiary/aromatic N) is 1. The lowest BCUT2D eigenvalue weighted by atomic mass is 10.0. The summed E-state index contributed by atoms with van der Waals surface area (Å²) in [4.78, 5) is 2.18. The van der Waals surface area contributed by atoms with Crippen molar-refractivity contribution in [3.8, 4) is 5.75 Å². The summed E-state index contributed by atoms with van der Waals surface area (Å²) in [5, 5.41) is 0. The van der Waals surface area contributed by atoms with Gasteiger partial charge in [-0.25, -0.2) is 0 Å². The van der Waals surface area contributed by atoms with Crippen LogP contribution in [0.2, 0.25) is 0 Å². The van der Waals surface area contributed by atoms with E-state index >= 15 is 0 Å². The second-order valence-electron chi connectivity index (χ2n) is 3.88. The zero-order valence-electron chi connectivity index (χ0n) is 9.66. The summed E-state index contributed by atoms with van der Waals surface area (Å²) in [5.74, 6) is 0.969. The summed E-state index contributed by atoms with van der Waals surface area (Å²) in [6, 6.07) is 6.67. The molecule has 1 rings (SSSR count). The highest BCUT2D eigenvalue weighted by atomic mass is 16.5. The molecule has 0 fully saturated rings. The summed E-state index contributed by atoms with van der Waals surface area (Å²) in [6.07, 6.45) is 0. The molecule has 0 aliphatic rings. The van der Waals surface area contributed by atoms with Crippen LogP contribution in [0.4, 0.5) is 0 Å². The Balaban J connectivity index is 3.10. The summed E-state index contributed by atoms with van der Waals surface area (Å²) >= 11 is 0. The van der Waals surface area contributed by atoms with Crippen molar-refractivity contribution < 1.29 is 4.74 Å². The number of aryl methyl sites for hydroxylation is 1. The van der Waals surface area contributed by atoms with Crippen LogP contribution in [0.5, 0.6) is 5.75 Å². The van der Waals surface area contributed by atoms with E-state index in [2.05, 4.69) is 45.0 Å². The molecule has 0 aliphatic heterocycles. The van der Waals surface area contributed by atoms with Gasteiger partial charge in [-0.2, -0.15) is 0 Å². The van der Waals surface area contributed by atoms with Gasteiger partial charge < -0.3 is 9.64 Å². The van der Waals surface area contributed by atoms with Crippen molar-refractivity contribution in [1.29, 1.82) is 0 Å². The first kappa shape index (κ1) is 11.1. The van der Waals surface area contributed by atoms with Crippen molar-refractivity contribution in [2.24, 2.45) is 0 Å². The van der Waals surface area contributed by atoms with E-state index in [0.29, 0.717) is 6.04 Å². The van der Waals surface area contributed by atoms with Crippen LogP contribution in [0.3, 0.4) is 0 Å². The standard InChI is InChI=1S/C12H19NO/c1-9-6-7-12(14-5)11(8-9)10(2)13(3)4/h6-8,10H,1-5H3. The van der Waals surface area contributed by atoms with Crippen molar-refractivity contribution >= 4 is 0 Å². The lowest BCUT2D eigenvalue weighted by Crippen LogP contribution is -2.17. The Hall–Kier alpha value is -1.02. The molecule has 0 N–H and O–H groups in total. The fourth-order valence-corrected chi connectivity index (χ4v) is 1.46.